The van der Waals surface area contributed by atoms with Gasteiger partial charge in [0.1, 0.15) is 12.6 Å². The predicted octanol–water partition coefficient (Wildman–Crippen LogP) is 4.56. The molecule has 1 aliphatic rings. The van der Waals surface area contributed by atoms with Gasteiger partial charge >= 0.3 is 6.09 Å². The number of rotatable bonds is 8. The average molecular weight is 472 g/mol. The van der Waals surface area contributed by atoms with E-state index in [1.165, 1.54) is 0 Å². The first-order valence-corrected chi connectivity index (χ1v) is 11.6. The third kappa shape index (κ3) is 6.79. The molecule has 1 heterocycles. The molecule has 0 spiro atoms. The maximum Gasteiger partial charge on any atom is 0.408 e. The van der Waals surface area contributed by atoms with Gasteiger partial charge in [-0.15, -0.1) is 0 Å². The molecule has 0 unspecified atom stereocenters. The van der Waals surface area contributed by atoms with Crippen LogP contribution in [0.5, 0.6) is 0 Å². The van der Waals surface area contributed by atoms with Crippen molar-refractivity contribution in [1.82, 2.24) is 5.32 Å². The molecular formula is C28H29N3O4. The fourth-order valence-corrected chi connectivity index (χ4v) is 3.85. The van der Waals surface area contributed by atoms with Crippen molar-refractivity contribution >= 4 is 23.3 Å². The molecule has 0 aliphatic carbocycles. The fraction of sp³-hybridized carbons (Fsp3) is 0.214. The van der Waals surface area contributed by atoms with Crippen molar-refractivity contribution in [1.29, 1.82) is 0 Å². The molecule has 0 saturated carbocycles. The van der Waals surface area contributed by atoms with Gasteiger partial charge in [0.15, 0.2) is 0 Å². The van der Waals surface area contributed by atoms with Gasteiger partial charge in [0.2, 0.25) is 0 Å². The van der Waals surface area contributed by atoms with Gasteiger partial charge in [-0.25, -0.2) is 4.79 Å². The van der Waals surface area contributed by atoms with E-state index >= 15 is 0 Å². The second-order valence-corrected chi connectivity index (χ2v) is 8.23. The van der Waals surface area contributed by atoms with Crippen molar-refractivity contribution in [2.45, 2.75) is 25.6 Å². The van der Waals surface area contributed by atoms with Crippen LogP contribution >= 0.6 is 0 Å². The summed E-state index contributed by atoms with van der Waals surface area (Å²) in [5, 5.41) is 5.62. The number of alkyl carbamates (subject to hydrolysis) is 1. The molecule has 0 aromatic heterocycles. The summed E-state index contributed by atoms with van der Waals surface area (Å²) in [5.74, 6) is -0.387. The minimum Gasteiger partial charge on any atom is -0.445 e. The van der Waals surface area contributed by atoms with Crippen LogP contribution < -0.4 is 16.4 Å². The molecule has 0 bridgehead atoms. The molecule has 0 saturated heterocycles. The van der Waals surface area contributed by atoms with Crippen molar-refractivity contribution in [3.05, 3.63) is 107 Å². The zero-order valence-electron chi connectivity index (χ0n) is 19.4. The molecule has 3 aromatic rings. The topological polar surface area (TPSA) is 103 Å². The van der Waals surface area contributed by atoms with Crippen LogP contribution in [0.3, 0.4) is 0 Å². The number of nitrogens with two attached hydrogens (primary N) is 1. The van der Waals surface area contributed by atoms with Gasteiger partial charge in [-0.1, -0.05) is 66.7 Å². The molecule has 3 aromatic carbocycles. The monoisotopic (exact) mass is 471 g/mol. The summed E-state index contributed by atoms with van der Waals surface area (Å²) in [7, 11) is 0. The summed E-state index contributed by atoms with van der Waals surface area (Å²) in [5.41, 5.74) is 10.7. The minimum atomic E-state index is -0.968. The Morgan fingerprint density at radius 1 is 0.971 bits per heavy atom. The summed E-state index contributed by atoms with van der Waals surface area (Å²) in [6.07, 6.45) is 2.29. The highest BCUT2D eigenvalue weighted by atomic mass is 16.5. The normalized spacial score (nSPS) is 13.9. The molecule has 4 N–H and O–H groups in total. The number of carbonyl (C=O) groups is 2. The maximum atomic E-state index is 13.4. The van der Waals surface area contributed by atoms with E-state index in [0.717, 1.165) is 28.7 Å². The Morgan fingerprint density at radius 3 is 2.54 bits per heavy atom. The Hall–Kier alpha value is -3.94. The van der Waals surface area contributed by atoms with Gasteiger partial charge in [-0.3, -0.25) is 4.79 Å². The van der Waals surface area contributed by atoms with E-state index in [0.29, 0.717) is 31.0 Å². The van der Waals surface area contributed by atoms with E-state index in [-0.39, 0.29) is 12.5 Å². The van der Waals surface area contributed by atoms with Gasteiger partial charge in [-0.2, -0.15) is 0 Å². The van der Waals surface area contributed by atoms with Crippen molar-refractivity contribution in [2.75, 3.05) is 18.5 Å². The second-order valence-electron chi connectivity index (χ2n) is 8.23. The number of carbonyl (C=O) groups excluding carboxylic acids is 2. The Morgan fingerprint density at radius 2 is 1.77 bits per heavy atom. The zero-order valence-corrected chi connectivity index (χ0v) is 19.4. The summed E-state index contributed by atoms with van der Waals surface area (Å²) >= 11 is 0. The Balaban J connectivity index is 1.55. The number of ether oxygens (including phenoxy) is 2. The van der Waals surface area contributed by atoms with Crippen LogP contribution in [0, 0.1) is 0 Å². The van der Waals surface area contributed by atoms with Crippen LogP contribution in [0.15, 0.2) is 84.9 Å². The third-order valence-corrected chi connectivity index (χ3v) is 5.67. The lowest BCUT2D eigenvalue weighted by atomic mass is 9.98. The van der Waals surface area contributed by atoms with Gasteiger partial charge in [0.05, 0.1) is 13.2 Å². The molecule has 1 atom stereocenters. The smallest absolute Gasteiger partial charge is 0.408 e. The quantitative estimate of drug-likeness (QED) is 0.447. The molecule has 7 heteroatoms. The molecule has 180 valence electrons. The lowest BCUT2D eigenvalue weighted by Gasteiger charge is -2.21. The fourth-order valence-electron chi connectivity index (χ4n) is 3.85. The van der Waals surface area contributed by atoms with Crippen LogP contribution in [-0.2, 0) is 27.4 Å². The lowest BCUT2D eigenvalue weighted by molar-refractivity contribution is -0.118. The molecule has 35 heavy (non-hydrogen) atoms. The standard InChI is InChI=1S/C28H29N3O4/c29-17-21-9-4-13-25(15-21)30-27(32)26(31-28(33)35-18-20-7-2-1-3-8-20)23-11-5-10-22(16-23)24-12-6-14-34-19-24/h1-5,7-13,15-16,26H,6,14,17-19,29H2,(H,30,32)(H,31,33)/t26-/m1/s1. The Labute approximate surface area is 204 Å². The van der Waals surface area contributed by atoms with E-state index in [1.807, 2.05) is 72.8 Å². The number of benzene rings is 3. The van der Waals surface area contributed by atoms with Crippen LogP contribution in [0.1, 0.15) is 34.7 Å². The number of nitrogens with one attached hydrogen (secondary N) is 2. The number of hydrogen-bond acceptors (Lipinski definition) is 5. The summed E-state index contributed by atoms with van der Waals surface area (Å²) in [6.45, 7) is 1.67. The molecule has 2 amide bonds. The van der Waals surface area contributed by atoms with Crippen molar-refractivity contribution in [3.8, 4) is 0 Å². The summed E-state index contributed by atoms with van der Waals surface area (Å²) in [4.78, 5) is 26.0. The Kier molecular flexibility index (Phi) is 8.27. The van der Waals surface area contributed by atoms with Gasteiger partial charge < -0.3 is 25.8 Å². The Bertz CT molecular complexity index is 1190. The predicted molar refractivity (Wildman–Crippen MR) is 135 cm³/mol. The molecule has 1 aliphatic heterocycles. The minimum absolute atomic E-state index is 0.101. The van der Waals surface area contributed by atoms with E-state index in [1.54, 1.807) is 6.07 Å². The highest BCUT2D eigenvalue weighted by Crippen LogP contribution is 2.24. The highest BCUT2D eigenvalue weighted by Gasteiger charge is 2.24. The number of hydrogen-bond donors (Lipinski definition) is 3. The number of amides is 2. The van der Waals surface area contributed by atoms with Crippen molar-refractivity contribution in [2.24, 2.45) is 5.73 Å². The van der Waals surface area contributed by atoms with Crippen LogP contribution in [0.25, 0.3) is 5.57 Å². The highest BCUT2D eigenvalue weighted by molar-refractivity contribution is 5.97. The van der Waals surface area contributed by atoms with E-state index < -0.39 is 12.1 Å². The second kappa shape index (κ2) is 12.0. The van der Waals surface area contributed by atoms with Crippen LogP contribution in [-0.4, -0.2) is 25.2 Å². The van der Waals surface area contributed by atoms with Gasteiger partial charge in [-0.05, 0) is 52.4 Å². The van der Waals surface area contributed by atoms with E-state index in [9.17, 15) is 9.59 Å². The zero-order chi connectivity index (χ0) is 24.5. The maximum absolute atomic E-state index is 13.4. The average Bonchev–Trinajstić information content (AvgIpc) is 2.91. The molecule has 0 fully saturated rings. The van der Waals surface area contributed by atoms with Crippen molar-refractivity contribution < 1.29 is 19.1 Å². The van der Waals surface area contributed by atoms with E-state index in [2.05, 4.69) is 16.7 Å². The van der Waals surface area contributed by atoms with E-state index in [4.69, 9.17) is 15.2 Å². The lowest BCUT2D eigenvalue weighted by Crippen LogP contribution is -2.37. The largest absolute Gasteiger partial charge is 0.445 e. The van der Waals surface area contributed by atoms with Crippen molar-refractivity contribution in [3.63, 3.8) is 0 Å². The summed E-state index contributed by atoms with van der Waals surface area (Å²) in [6, 6.07) is 23.2. The van der Waals surface area contributed by atoms with Crippen LogP contribution in [0.4, 0.5) is 10.5 Å². The first-order valence-electron chi connectivity index (χ1n) is 11.6. The number of anilines is 1. The molecular weight excluding hydrogens is 442 g/mol. The SMILES string of the molecule is NCc1cccc(NC(=O)[C@H](NC(=O)OCc2ccccc2)c2cccc(C3=CCCOC3)c2)c1. The molecule has 7 nitrogen and oxygen atoms in total. The van der Waals surface area contributed by atoms with Gasteiger partial charge in [0.25, 0.3) is 5.91 Å². The first kappa shape index (κ1) is 24.2. The molecule has 0 radical (unpaired) electrons. The van der Waals surface area contributed by atoms with Gasteiger partial charge in [0, 0.05) is 12.2 Å². The molecule has 4 rings (SSSR count). The third-order valence-electron chi connectivity index (χ3n) is 5.67. The first-order chi connectivity index (χ1) is 17.1. The van der Waals surface area contributed by atoms with Crippen LogP contribution in [0.2, 0.25) is 0 Å². The summed E-state index contributed by atoms with van der Waals surface area (Å²) < 4.78 is 11.0.